The Bertz CT molecular complexity index is 1130. The maximum absolute atomic E-state index is 14.6. The standard InChI is InChI=1S/C30H40N2O6/c1-7-10-16-37-28(36)24-23-26(34)32(21(6)18-33)25(30(23)14-13-29(24,9-3)38-30)27(35)31(15-8-2)22-17-19(4)11-12-20(22)5/h7-8,11-12,17,21,23-25,33H,1-2,9-10,13-16,18H2,3-6H3/t21-,23+,24-,25?,29+,30?/m1/s1. The summed E-state index contributed by atoms with van der Waals surface area (Å²) in [7, 11) is 0. The maximum atomic E-state index is 14.6. The molecule has 4 rings (SSSR count). The lowest BCUT2D eigenvalue weighted by Crippen LogP contribution is -2.58. The van der Waals surface area contributed by atoms with E-state index in [4.69, 9.17) is 9.47 Å². The van der Waals surface area contributed by atoms with Crippen LogP contribution < -0.4 is 4.90 Å². The van der Waals surface area contributed by atoms with Gasteiger partial charge in [-0.2, -0.15) is 0 Å². The van der Waals surface area contributed by atoms with Gasteiger partial charge in [0.2, 0.25) is 5.91 Å². The van der Waals surface area contributed by atoms with Gasteiger partial charge < -0.3 is 24.4 Å². The number of aliphatic hydroxyl groups excluding tert-OH is 1. The Morgan fingerprint density at radius 1 is 1.29 bits per heavy atom. The summed E-state index contributed by atoms with van der Waals surface area (Å²) in [6, 6.07) is 4.25. The second kappa shape index (κ2) is 10.7. The van der Waals surface area contributed by atoms with Gasteiger partial charge in [-0.1, -0.05) is 31.2 Å². The van der Waals surface area contributed by atoms with Crippen LogP contribution in [0.5, 0.6) is 0 Å². The number of likely N-dealkylation sites (tertiary alicyclic amines) is 1. The summed E-state index contributed by atoms with van der Waals surface area (Å²) in [5.41, 5.74) is 0.582. The molecule has 2 unspecified atom stereocenters. The highest BCUT2D eigenvalue weighted by Crippen LogP contribution is 2.64. The van der Waals surface area contributed by atoms with Crippen molar-refractivity contribution in [3.05, 3.63) is 54.6 Å². The molecule has 206 valence electrons. The van der Waals surface area contributed by atoms with Crippen molar-refractivity contribution in [2.45, 2.75) is 76.7 Å². The van der Waals surface area contributed by atoms with Crippen LogP contribution in [-0.2, 0) is 23.9 Å². The van der Waals surface area contributed by atoms with Crippen molar-refractivity contribution in [3.8, 4) is 0 Å². The Hall–Kier alpha value is -2.97. The Morgan fingerprint density at radius 3 is 2.66 bits per heavy atom. The summed E-state index contributed by atoms with van der Waals surface area (Å²) >= 11 is 0. The van der Waals surface area contributed by atoms with E-state index in [1.54, 1.807) is 24.0 Å². The third-order valence-electron chi connectivity index (χ3n) is 8.65. The van der Waals surface area contributed by atoms with Crippen molar-refractivity contribution in [1.29, 1.82) is 0 Å². The molecule has 8 nitrogen and oxygen atoms in total. The van der Waals surface area contributed by atoms with E-state index < -0.39 is 41.1 Å². The van der Waals surface area contributed by atoms with E-state index >= 15 is 0 Å². The van der Waals surface area contributed by atoms with Gasteiger partial charge >= 0.3 is 5.97 Å². The summed E-state index contributed by atoms with van der Waals surface area (Å²) in [5, 5.41) is 10.1. The topological polar surface area (TPSA) is 96.4 Å². The minimum Gasteiger partial charge on any atom is -0.465 e. The number of fused-ring (bicyclic) bond motifs is 1. The molecule has 2 bridgehead atoms. The number of aryl methyl sites for hydroxylation is 2. The average molecular weight is 525 g/mol. The largest absolute Gasteiger partial charge is 0.465 e. The van der Waals surface area contributed by atoms with E-state index in [0.717, 1.165) is 16.8 Å². The van der Waals surface area contributed by atoms with Crippen LogP contribution >= 0.6 is 0 Å². The molecule has 1 aromatic rings. The number of nitrogens with zero attached hydrogens (tertiary/aromatic N) is 2. The molecule has 0 saturated carbocycles. The molecule has 0 aromatic heterocycles. The first kappa shape index (κ1) is 28.0. The number of carbonyl (C=O) groups is 3. The molecular formula is C30H40N2O6. The van der Waals surface area contributed by atoms with Gasteiger partial charge in [-0.15, -0.1) is 13.2 Å². The minimum atomic E-state index is -1.19. The van der Waals surface area contributed by atoms with Gasteiger partial charge in [0, 0.05) is 12.2 Å². The second-order valence-electron chi connectivity index (χ2n) is 10.9. The molecule has 3 aliphatic heterocycles. The van der Waals surface area contributed by atoms with Gasteiger partial charge in [-0.3, -0.25) is 14.4 Å². The highest BCUT2D eigenvalue weighted by molar-refractivity contribution is 6.05. The number of esters is 1. The van der Waals surface area contributed by atoms with Crippen molar-refractivity contribution in [2.75, 3.05) is 24.7 Å². The van der Waals surface area contributed by atoms with Crippen molar-refractivity contribution >= 4 is 23.5 Å². The summed E-state index contributed by atoms with van der Waals surface area (Å²) in [5.74, 6) is -2.80. The maximum Gasteiger partial charge on any atom is 0.312 e. The number of amides is 2. The quantitative estimate of drug-likeness (QED) is 0.271. The normalized spacial score (nSPS) is 30.2. The highest BCUT2D eigenvalue weighted by Gasteiger charge is 2.79. The summed E-state index contributed by atoms with van der Waals surface area (Å²) in [4.78, 5) is 45.3. The number of aliphatic hydroxyl groups is 1. The molecular weight excluding hydrogens is 484 g/mol. The van der Waals surface area contributed by atoms with E-state index in [0.29, 0.717) is 25.7 Å². The summed E-state index contributed by atoms with van der Waals surface area (Å²) in [6.07, 6.45) is 5.36. The molecule has 0 radical (unpaired) electrons. The number of hydrogen-bond donors (Lipinski definition) is 1. The zero-order valence-corrected chi connectivity index (χ0v) is 22.9. The Kier molecular flexibility index (Phi) is 7.86. The molecule has 3 fully saturated rings. The SMILES string of the molecule is C=CCCOC(=O)[C@H]1[C@H]2C(=O)N([C@H](C)CO)C(C(=O)N(CC=C)c3cc(C)ccc3C)C23CC[C@]1(CC)O3. The molecule has 0 aliphatic carbocycles. The van der Waals surface area contributed by atoms with Gasteiger partial charge in [-0.05, 0) is 63.6 Å². The minimum absolute atomic E-state index is 0.172. The zero-order chi connectivity index (χ0) is 27.8. The number of anilines is 1. The Morgan fingerprint density at radius 2 is 2.03 bits per heavy atom. The lowest BCUT2D eigenvalue weighted by Gasteiger charge is -2.39. The van der Waals surface area contributed by atoms with Crippen LogP contribution in [0.2, 0.25) is 0 Å². The predicted molar refractivity (Wildman–Crippen MR) is 144 cm³/mol. The molecule has 6 atom stereocenters. The van der Waals surface area contributed by atoms with Crippen molar-refractivity contribution in [1.82, 2.24) is 4.90 Å². The molecule has 8 heteroatoms. The van der Waals surface area contributed by atoms with Crippen molar-refractivity contribution in [2.24, 2.45) is 11.8 Å². The van der Waals surface area contributed by atoms with E-state index in [1.165, 1.54) is 4.90 Å². The van der Waals surface area contributed by atoms with Crippen LogP contribution in [0.1, 0.15) is 50.7 Å². The van der Waals surface area contributed by atoms with Crippen molar-refractivity contribution < 1.29 is 29.0 Å². The van der Waals surface area contributed by atoms with Gasteiger partial charge in [0.15, 0.2) is 0 Å². The van der Waals surface area contributed by atoms with Gasteiger partial charge in [0.25, 0.3) is 5.91 Å². The molecule has 1 aromatic carbocycles. The van der Waals surface area contributed by atoms with Crippen LogP contribution in [0.3, 0.4) is 0 Å². The first-order chi connectivity index (χ1) is 18.1. The molecule has 3 aliphatic rings. The van der Waals surface area contributed by atoms with Gasteiger partial charge in [0.05, 0.1) is 30.8 Å². The molecule has 3 saturated heterocycles. The highest BCUT2D eigenvalue weighted by atomic mass is 16.6. The summed E-state index contributed by atoms with van der Waals surface area (Å²) in [6.45, 7) is 15.2. The van der Waals surface area contributed by atoms with Crippen LogP contribution in [0.15, 0.2) is 43.5 Å². The number of rotatable bonds is 11. The number of benzene rings is 1. The number of hydrogen-bond acceptors (Lipinski definition) is 6. The molecule has 1 N–H and O–H groups in total. The molecule has 1 spiro atoms. The first-order valence-electron chi connectivity index (χ1n) is 13.5. The molecule has 3 heterocycles. The fraction of sp³-hybridized carbons (Fsp3) is 0.567. The van der Waals surface area contributed by atoms with E-state index in [1.807, 2.05) is 39.0 Å². The molecule has 2 amide bonds. The van der Waals surface area contributed by atoms with Crippen LogP contribution in [0.25, 0.3) is 0 Å². The zero-order valence-electron chi connectivity index (χ0n) is 22.9. The predicted octanol–water partition coefficient (Wildman–Crippen LogP) is 3.48. The third kappa shape index (κ3) is 4.18. The van der Waals surface area contributed by atoms with Crippen LogP contribution in [0, 0.1) is 25.7 Å². The average Bonchev–Trinajstić information content (AvgIpc) is 3.51. The van der Waals surface area contributed by atoms with Crippen molar-refractivity contribution in [3.63, 3.8) is 0 Å². The fourth-order valence-electron chi connectivity index (χ4n) is 6.78. The lowest BCUT2D eigenvalue weighted by molar-refractivity contribution is -0.161. The Labute approximate surface area is 225 Å². The van der Waals surface area contributed by atoms with E-state index in [-0.39, 0.29) is 31.6 Å². The Balaban J connectivity index is 1.83. The monoisotopic (exact) mass is 524 g/mol. The van der Waals surface area contributed by atoms with Crippen LogP contribution in [0.4, 0.5) is 5.69 Å². The fourth-order valence-corrected chi connectivity index (χ4v) is 6.78. The number of ether oxygens (including phenoxy) is 2. The first-order valence-corrected chi connectivity index (χ1v) is 13.5. The summed E-state index contributed by atoms with van der Waals surface area (Å²) < 4.78 is 12.4. The number of carbonyl (C=O) groups excluding carboxylic acids is 3. The van der Waals surface area contributed by atoms with E-state index in [2.05, 4.69) is 13.2 Å². The van der Waals surface area contributed by atoms with Crippen LogP contribution in [-0.4, -0.2) is 70.8 Å². The second-order valence-corrected chi connectivity index (χ2v) is 10.9. The van der Waals surface area contributed by atoms with E-state index in [9.17, 15) is 19.5 Å². The lowest BCUT2D eigenvalue weighted by atomic mass is 9.65. The third-order valence-corrected chi connectivity index (χ3v) is 8.65. The van der Waals surface area contributed by atoms with Gasteiger partial charge in [-0.25, -0.2) is 0 Å². The molecule has 38 heavy (non-hydrogen) atoms. The van der Waals surface area contributed by atoms with Gasteiger partial charge in [0.1, 0.15) is 17.6 Å². The smallest absolute Gasteiger partial charge is 0.312 e.